The van der Waals surface area contributed by atoms with E-state index in [2.05, 4.69) is 15.9 Å². The van der Waals surface area contributed by atoms with E-state index in [-0.39, 0.29) is 17.6 Å². The lowest BCUT2D eigenvalue weighted by atomic mass is 10.1. The number of hydrogen-bond acceptors (Lipinski definition) is 2. The number of hydrogen-bond donors (Lipinski definition) is 1. The van der Waals surface area contributed by atoms with E-state index in [4.69, 9.17) is 5.73 Å². The monoisotopic (exact) mass is 286 g/mol. The zero-order valence-corrected chi connectivity index (χ0v) is 10.2. The molecule has 5 heteroatoms. The highest BCUT2D eigenvalue weighted by Crippen LogP contribution is 2.29. The van der Waals surface area contributed by atoms with Crippen LogP contribution in [0.4, 0.5) is 10.1 Å². The molecule has 16 heavy (non-hydrogen) atoms. The van der Waals surface area contributed by atoms with Gasteiger partial charge in [-0.3, -0.25) is 4.79 Å². The average molecular weight is 287 g/mol. The summed E-state index contributed by atoms with van der Waals surface area (Å²) in [4.78, 5) is 13.2. The second kappa shape index (κ2) is 4.51. The summed E-state index contributed by atoms with van der Waals surface area (Å²) in [6.45, 7) is 0.959. The SMILES string of the molecule is NCC1CC(=O)N(c2cc(Br)ccc2F)C1. The molecule has 0 spiro atoms. The third-order valence-electron chi connectivity index (χ3n) is 2.74. The number of carbonyl (C=O) groups excluding carboxylic acids is 1. The number of amides is 1. The van der Waals surface area contributed by atoms with Gasteiger partial charge in [-0.2, -0.15) is 0 Å². The van der Waals surface area contributed by atoms with Crippen LogP contribution in [-0.2, 0) is 4.79 Å². The molecule has 0 aliphatic carbocycles. The smallest absolute Gasteiger partial charge is 0.227 e. The van der Waals surface area contributed by atoms with Crippen LogP contribution in [0.25, 0.3) is 0 Å². The first-order valence-electron chi connectivity index (χ1n) is 5.07. The van der Waals surface area contributed by atoms with E-state index in [1.165, 1.54) is 11.0 Å². The minimum Gasteiger partial charge on any atom is -0.330 e. The third kappa shape index (κ3) is 2.10. The number of nitrogens with two attached hydrogens (primary N) is 1. The molecule has 1 unspecified atom stereocenters. The fourth-order valence-corrected chi connectivity index (χ4v) is 2.21. The number of rotatable bonds is 2. The highest BCUT2D eigenvalue weighted by Gasteiger charge is 2.31. The molecule has 1 aliphatic heterocycles. The van der Waals surface area contributed by atoms with E-state index in [1.54, 1.807) is 12.1 Å². The molecule has 0 aromatic heterocycles. The first kappa shape index (κ1) is 11.5. The molecule has 1 aliphatic rings. The fourth-order valence-electron chi connectivity index (χ4n) is 1.86. The van der Waals surface area contributed by atoms with Crippen LogP contribution in [0.3, 0.4) is 0 Å². The predicted octanol–water partition coefficient (Wildman–Crippen LogP) is 1.90. The fraction of sp³-hybridized carbons (Fsp3) is 0.364. The van der Waals surface area contributed by atoms with Crippen molar-refractivity contribution in [1.29, 1.82) is 0 Å². The zero-order chi connectivity index (χ0) is 11.7. The largest absolute Gasteiger partial charge is 0.330 e. The molecular formula is C11H12BrFN2O. The minimum atomic E-state index is -0.380. The molecule has 2 rings (SSSR count). The summed E-state index contributed by atoms with van der Waals surface area (Å²) in [6, 6.07) is 4.58. The molecule has 0 bridgehead atoms. The second-order valence-electron chi connectivity index (χ2n) is 3.91. The first-order valence-corrected chi connectivity index (χ1v) is 5.86. The highest BCUT2D eigenvalue weighted by molar-refractivity contribution is 9.10. The van der Waals surface area contributed by atoms with Crippen molar-refractivity contribution in [2.24, 2.45) is 11.7 Å². The maximum absolute atomic E-state index is 13.6. The van der Waals surface area contributed by atoms with Gasteiger partial charge in [0.1, 0.15) is 5.82 Å². The van der Waals surface area contributed by atoms with Crippen molar-refractivity contribution >= 4 is 27.5 Å². The van der Waals surface area contributed by atoms with E-state index in [0.29, 0.717) is 25.2 Å². The molecule has 1 saturated heterocycles. The maximum atomic E-state index is 13.6. The topological polar surface area (TPSA) is 46.3 Å². The van der Waals surface area contributed by atoms with Crippen LogP contribution < -0.4 is 10.6 Å². The Balaban J connectivity index is 2.30. The van der Waals surface area contributed by atoms with Gasteiger partial charge in [0, 0.05) is 17.4 Å². The molecule has 0 saturated carbocycles. The third-order valence-corrected chi connectivity index (χ3v) is 3.23. The molecule has 86 valence electrons. The molecule has 1 heterocycles. The molecule has 1 atom stereocenters. The van der Waals surface area contributed by atoms with Crippen LogP contribution in [-0.4, -0.2) is 19.0 Å². The summed E-state index contributed by atoms with van der Waals surface area (Å²) in [6.07, 6.45) is 0.405. The summed E-state index contributed by atoms with van der Waals surface area (Å²) < 4.78 is 14.3. The summed E-state index contributed by atoms with van der Waals surface area (Å²) in [5.74, 6) is -0.312. The van der Waals surface area contributed by atoms with Crippen LogP contribution in [0, 0.1) is 11.7 Å². The van der Waals surface area contributed by atoms with E-state index < -0.39 is 0 Å². The van der Waals surface area contributed by atoms with Gasteiger partial charge in [-0.1, -0.05) is 15.9 Å². The predicted molar refractivity (Wildman–Crippen MR) is 63.6 cm³/mol. The minimum absolute atomic E-state index is 0.0625. The van der Waals surface area contributed by atoms with E-state index in [1.807, 2.05) is 0 Å². The van der Waals surface area contributed by atoms with E-state index in [0.717, 1.165) is 4.47 Å². The Kier molecular flexibility index (Phi) is 3.25. The lowest BCUT2D eigenvalue weighted by Crippen LogP contribution is -2.26. The van der Waals surface area contributed by atoms with Crippen molar-refractivity contribution in [1.82, 2.24) is 0 Å². The van der Waals surface area contributed by atoms with Crippen molar-refractivity contribution in [3.8, 4) is 0 Å². The Morgan fingerprint density at radius 2 is 2.31 bits per heavy atom. The average Bonchev–Trinajstić information content (AvgIpc) is 2.63. The van der Waals surface area contributed by atoms with E-state index >= 15 is 0 Å². The number of benzene rings is 1. The van der Waals surface area contributed by atoms with Gasteiger partial charge >= 0.3 is 0 Å². The number of halogens is 2. The Labute approximate surface area is 102 Å². The Morgan fingerprint density at radius 1 is 1.56 bits per heavy atom. The quantitative estimate of drug-likeness (QED) is 0.903. The number of anilines is 1. The van der Waals surface area contributed by atoms with Crippen molar-refractivity contribution < 1.29 is 9.18 Å². The molecule has 0 radical (unpaired) electrons. The lowest BCUT2D eigenvalue weighted by molar-refractivity contribution is -0.117. The number of carbonyl (C=O) groups is 1. The van der Waals surface area contributed by atoms with Gasteiger partial charge in [0.2, 0.25) is 5.91 Å². The number of nitrogens with zero attached hydrogens (tertiary/aromatic N) is 1. The van der Waals surface area contributed by atoms with Gasteiger partial charge in [-0.15, -0.1) is 0 Å². The Hall–Kier alpha value is -0.940. The summed E-state index contributed by atoms with van der Waals surface area (Å²) in [5.41, 5.74) is 5.85. The van der Waals surface area contributed by atoms with Gasteiger partial charge in [0.05, 0.1) is 5.69 Å². The summed E-state index contributed by atoms with van der Waals surface area (Å²) in [5, 5.41) is 0. The van der Waals surface area contributed by atoms with Crippen molar-refractivity contribution in [3.63, 3.8) is 0 Å². The molecule has 3 nitrogen and oxygen atoms in total. The highest BCUT2D eigenvalue weighted by atomic mass is 79.9. The van der Waals surface area contributed by atoms with Crippen LogP contribution in [0.1, 0.15) is 6.42 Å². The van der Waals surface area contributed by atoms with Crippen molar-refractivity contribution in [3.05, 3.63) is 28.5 Å². The standard InChI is InChI=1S/C11H12BrFN2O/c12-8-1-2-9(13)10(4-8)15-6-7(5-14)3-11(15)16/h1-2,4,7H,3,5-6,14H2. The molecule has 1 amide bonds. The summed E-state index contributed by atoms with van der Waals surface area (Å²) in [7, 11) is 0. The molecule has 1 fully saturated rings. The molecule has 2 N–H and O–H groups in total. The van der Waals surface area contributed by atoms with Gasteiger partial charge in [-0.05, 0) is 30.7 Å². The normalized spacial score (nSPS) is 20.6. The molecule has 1 aromatic rings. The zero-order valence-electron chi connectivity index (χ0n) is 8.62. The molecular weight excluding hydrogens is 275 g/mol. The maximum Gasteiger partial charge on any atom is 0.227 e. The lowest BCUT2D eigenvalue weighted by Gasteiger charge is -2.17. The van der Waals surface area contributed by atoms with Gasteiger partial charge in [0.25, 0.3) is 0 Å². The van der Waals surface area contributed by atoms with Crippen molar-refractivity contribution in [2.45, 2.75) is 6.42 Å². The van der Waals surface area contributed by atoms with Crippen LogP contribution >= 0.6 is 15.9 Å². The second-order valence-corrected chi connectivity index (χ2v) is 4.82. The Bertz CT molecular complexity index is 424. The van der Waals surface area contributed by atoms with Crippen LogP contribution in [0.2, 0.25) is 0 Å². The molecule has 1 aromatic carbocycles. The first-order chi connectivity index (χ1) is 7.61. The van der Waals surface area contributed by atoms with Crippen LogP contribution in [0.5, 0.6) is 0 Å². The summed E-state index contributed by atoms with van der Waals surface area (Å²) >= 11 is 3.27. The Morgan fingerprint density at radius 3 is 2.94 bits per heavy atom. The van der Waals surface area contributed by atoms with E-state index in [9.17, 15) is 9.18 Å². The van der Waals surface area contributed by atoms with Gasteiger partial charge in [-0.25, -0.2) is 4.39 Å². The van der Waals surface area contributed by atoms with Gasteiger partial charge < -0.3 is 10.6 Å². The van der Waals surface area contributed by atoms with Crippen LogP contribution in [0.15, 0.2) is 22.7 Å². The van der Waals surface area contributed by atoms with Gasteiger partial charge in [0.15, 0.2) is 0 Å². The van der Waals surface area contributed by atoms with Crippen molar-refractivity contribution in [2.75, 3.05) is 18.0 Å².